The van der Waals surface area contributed by atoms with E-state index in [1.54, 1.807) is 29.2 Å². The molecule has 3 rings (SSSR count). The van der Waals surface area contributed by atoms with Gasteiger partial charge in [0, 0.05) is 24.1 Å². The molecule has 1 fully saturated rings. The summed E-state index contributed by atoms with van der Waals surface area (Å²) in [6.45, 7) is 1.13. The van der Waals surface area contributed by atoms with Gasteiger partial charge in [-0.2, -0.15) is 8.78 Å². The molecule has 168 valence electrons. The van der Waals surface area contributed by atoms with Crippen LogP contribution in [-0.2, 0) is 0 Å². The minimum atomic E-state index is -3.28. The first-order chi connectivity index (χ1) is 14.5. The van der Waals surface area contributed by atoms with E-state index in [2.05, 4.69) is 19.3 Å². The number of hydrogen-bond donors (Lipinski definition) is 3. The molecule has 0 radical (unpaired) electrons. The van der Waals surface area contributed by atoms with E-state index < -0.39 is 24.5 Å². The molecule has 0 aromatic heterocycles. The number of benzene rings is 2. The lowest BCUT2D eigenvalue weighted by Gasteiger charge is -2.31. The van der Waals surface area contributed by atoms with E-state index in [1.165, 1.54) is 24.3 Å². The normalized spacial score (nSPS) is 21.1. The van der Waals surface area contributed by atoms with Crippen LogP contribution >= 0.6 is 20.8 Å². The fourth-order valence-corrected chi connectivity index (χ4v) is 4.16. The molecule has 1 saturated heterocycles. The maximum atomic E-state index is 13.0. The molecule has 3 unspecified atom stereocenters. The molecule has 6 nitrogen and oxygen atoms in total. The van der Waals surface area contributed by atoms with Gasteiger partial charge in [0.15, 0.2) is 0 Å². The molecule has 10 heteroatoms. The van der Waals surface area contributed by atoms with Gasteiger partial charge in [-0.1, -0.05) is 23.7 Å². The van der Waals surface area contributed by atoms with E-state index in [0.717, 1.165) is 0 Å². The number of carbonyl (C=O) groups is 1. The molecule has 31 heavy (non-hydrogen) atoms. The number of rotatable bonds is 7. The zero-order valence-electron chi connectivity index (χ0n) is 16.8. The third-order valence-corrected chi connectivity index (χ3v) is 5.71. The number of aliphatic hydroxyl groups is 1. The van der Waals surface area contributed by atoms with Crippen molar-refractivity contribution < 1.29 is 23.4 Å². The van der Waals surface area contributed by atoms with E-state index in [9.17, 15) is 18.7 Å². The molecule has 0 spiro atoms. The van der Waals surface area contributed by atoms with Crippen molar-refractivity contribution in [1.82, 2.24) is 10.2 Å². The third kappa shape index (κ3) is 6.34. The first-order valence-electron chi connectivity index (χ1n) is 9.72. The molecule has 2 aromatic carbocycles. The van der Waals surface area contributed by atoms with Crippen LogP contribution in [0.1, 0.15) is 35.4 Å². The molecule has 4 N–H and O–H groups in total. The Hall–Kier alpha value is -1.83. The maximum absolute atomic E-state index is 13.0. The Morgan fingerprint density at radius 2 is 1.90 bits per heavy atom. The molecule has 5 atom stereocenters. The summed E-state index contributed by atoms with van der Waals surface area (Å²) >= 11 is 5.90. The SMILES string of the molecule is CC(F)(F)Oc1ccc(C(N)N[C@@H](O)C2C[C@@H](P)CN2C(=O)c2ccc(Cl)cc2)cc1. The van der Waals surface area contributed by atoms with Crippen LogP contribution in [0.5, 0.6) is 5.75 Å². The summed E-state index contributed by atoms with van der Waals surface area (Å²) in [5.41, 5.74) is 7.32. The van der Waals surface area contributed by atoms with Crippen molar-refractivity contribution in [1.29, 1.82) is 0 Å². The quantitative estimate of drug-likeness (QED) is 0.426. The summed E-state index contributed by atoms with van der Waals surface area (Å²) < 4.78 is 30.4. The summed E-state index contributed by atoms with van der Waals surface area (Å²) in [5, 5.41) is 14.2. The average Bonchev–Trinajstić information content (AvgIpc) is 3.09. The average molecular weight is 472 g/mol. The fourth-order valence-electron chi connectivity index (χ4n) is 3.53. The highest BCUT2D eigenvalue weighted by Gasteiger charge is 2.38. The number of ether oxygens (including phenoxy) is 1. The Bertz CT molecular complexity index is 896. The van der Waals surface area contributed by atoms with Crippen molar-refractivity contribution in [2.75, 3.05) is 6.54 Å². The number of hydrogen-bond acceptors (Lipinski definition) is 5. The highest BCUT2D eigenvalue weighted by Crippen LogP contribution is 2.28. The zero-order chi connectivity index (χ0) is 22.8. The first kappa shape index (κ1) is 23.8. The molecule has 1 aliphatic rings. The molecule has 0 saturated carbocycles. The van der Waals surface area contributed by atoms with Crippen molar-refractivity contribution in [2.45, 2.75) is 43.5 Å². The fraction of sp³-hybridized carbons (Fsp3) is 0.381. The molecular formula is C21H25ClF2N3O3P. The second kappa shape index (κ2) is 9.76. The van der Waals surface area contributed by atoms with Crippen LogP contribution in [0, 0.1) is 0 Å². The van der Waals surface area contributed by atoms with Crippen molar-refractivity contribution in [3.63, 3.8) is 0 Å². The lowest BCUT2D eigenvalue weighted by Crippen LogP contribution is -2.51. The van der Waals surface area contributed by atoms with E-state index in [1.807, 2.05) is 0 Å². The minimum absolute atomic E-state index is 0.00498. The van der Waals surface area contributed by atoms with Crippen LogP contribution < -0.4 is 15.8 Å². The number of nitrogens with zero attached hydrogens (tertiary/aromatic N) is 1. The summed E-state index contributed by atoms with van der Waals surface area (Å²) in [6.07, 6.45) is -4.58. The molecule has 1 amide bonds. The Morgan fingerprint density at radius 1 is 1.29 bits per heavy atom. The van der Waals surface area contributed by atoms with E-state index >= 15 is 0 Å². The van der Waals surface area contributed by atoms with Gasteiger partial charge in [-0.3, -0.25) is 10.1 Å². The highest BCUT2D eigenvalue weighted by molar-refractivity contribution is 7.17. The van der Waals surface area contributed by atoms with Crippen LogP contribution in [0.2, 0.25) is 5.02 Å². The molecule has 0 aliphatic carbocycles. The van der Waals surface area contributed by atoms with Crippen molar-refractivity contribution >= 4 is 26.7 Å². The number of nitrogens with one attached hydrogen (secondary N) is 1. The standard InChI is InChI=1S/C21H25ClF2N3O3P/c1-21(23,24)30-15-8-4-12(5-9-15)18(25)26-19(28)17-10-16(31)11-27(17)20(29)13-2-6-14(22)7-3-13/h2-9,16-19,26,28H,10-11,25,31H2,1H3/t16-,17?,18?,19+/m1/s1. The molecule has 1 aliphatic heterocycles. The Kier molecular flexibility index (Phi) is 7.50. The third-order valence-electron chi connectivity index (χ3n) is 4.98. The van der Waals surface area contributed by atoms with Crippen LogP contribution in [-0.4, -0.2) is 46.5 Å². The van der Waals surface area contributed by atoms with Gasteiger partial charge in [0.05, 0.1) is 12.2 Å². The lowest BCUT2D eigenvalue weighted by molar-refractivity contribution is -0.158. The number of likely N-dealkylation sites (tertiary alicyclic amines) is 1. The van der Waals surface area contributed by atoms with E-state index in [0.29, 0.717) is 36.0 Å². The van der Waals surface area contributed by atoms with Gasteiger partial charge in [-0.15, -0.1) is 9.24 Å². The van der Waals surface area contributed by atoms with Gasteiger partial charge in [-0.05, 0) is 54.0 Å². The van der Waals surface area contributed by atoms with E-state index in [4.69, 9.17) is 17.3 Å². The first-order valence-corrected chi connectivity index (χ1v) is 10.8. The van der Waals surface area contributed by atoms with Crippen molar-refractivity contribution in [2.24, 2.45) is 5.73 Å². The maximum Gasteiger partial charge on any atom is 0.394 e. The number of alkyl halides is 2. The second-order valence-corrected chi connectivity index (χ2v) is 8.97. The van der Waals surface area contributed by atoms with Crippen LogP contribution in [0.4, 0.5) is 8.78 Å². The topological polar surface area (TPSA) is 87.8 Å². The monoisotopic (exact) mass is 471 g/mol. The Labute approximate surface area is 186 Å². The summed E-state index contributed by atoms with van der Waals surface area (Å²) in [7, 11) is 2.68. The van der Waals surface area contributed by atoms with Crippen LogP contribution in [0.3, 0.4) is 0 Å². The van der Waals surface area contributed by atoms with Gasteiger partial charge in [0.2, 0.25) is 0 Å². The number of halogens is 3. The molecular weight excluding hydrogens is 447 g/mol. The predicted octanol–water partition coefficient (Wildman–Crippen LogP) is 3.36. The summed E-state index contributed by atoms with van der Waals surface area (Å²) in [5.74, 6) is -0.201. The smallest absolute Gasteiger partial charge is 0.394 e. The van der Waals surface area contributed by atoms with Gasteiger partial charge in [0.25, 0.3) is 5.91 Å². The number of nitrogens with two attached hydrogens (primary N) is 1. The second-order valence-electron chi connectivity index (χ2n) is 7.60. The number of carbonyl (C=O) groups excluding carboxylic acids is 1. The molecule has 2 aromatic rings. The molecule has 0 bridgehead atoms. The molecule has 1 heterocycles. The van der Waals surface area contributed by atoms with Crippen LogP contribution in [0.15, 0.2) is 48.5 Å². The van der Waals surface area contributed by atoms with E-state index in [-0.39, 0.29) is 17.3 Å². The van der Waals surface area contributed by atoms with Crippen molar-refractivity contribution in [3.8, 4) is 5.75 Å². The van der Waals surface area contributed by atoms with Gasteiger partial charge >= 0.3 is 6.11 Å². The highest BCUT2D eigenvalue weighted by atomic mass is 35.5. The van der Waals surface area contributed by atoms with Crippen LogP contribution in [0.25, 0.3) is 0 Å². The summed E-state index contributed by atoms with van der Waals surface area (Å²) in [6, 6.07) is 11.9. The van der Waals surface area contributed by atoms with Gasteiger partial charge in [-0.25, -0.2) is 0 Å². The van der Waals surface area contributed by atoms with Crippen molar-refractivity contribution in [3.05, 3.63) is 64.7 Å². The minimum Gasteiger partial charge on any atom is -0.433 e. The van der Waals surface area contributed by atoms with Gasteiger partial charge < -0.3 is 20.5 Å². The zero-order valence-corrected chi connectivity index (χ0v) is 18.8. The Morgan fingerprint density at radius 3 is 2.48 bits per heavy atom. The predicted molar refractivity (Wildman–Crippen MR) is 118 cm³/mol. The lowest BCUT2D eigenvalue weighted by atomic mass is 10.1. The summed E-state index contributed by atoms with van der Waals surface area (Å²) in [4.78, 5) is 14.6. The number of aliphatic hydroxyl groups excluding tert-OH is 1. The van der Waals surface area contributed by atoms with Gasteiger partial charge in [0.1, 0.15) is 12.0 Å². The largest absolute Gasteiger partial charge is 0.433 e. The number of amides is 1. The Balaban J connectivity index is 1.67.